The van der Waals surface area contributed by atoms with Crippen LogP contribution in [0.4, 0.5) is 0 Å². The van der Waals surface area contributed by atoms with Crippen molar-refractivity contribution in [2.45, 2.75) is 11.3 Å². The molecule has 0 aliphatic heterocycles. The molecule has 70 valence electrons. The third-order valence-corrected chi connectivity index (χ3v) is 4.26. The lowest BCUT2D eigenvalue weighted by Crippen LogP contribution is -1.85. The van der Waals surface area contributed by atoms with Crippen LogP contribution in [0.1, 0.15) is 5.56 Å². The summed E-state index contributed by atoms with van der Waals surface area (Å²) in [6, 6.07) is 6.17. The van der Waals surface area contributed by atoms with Gasteiger partial charge in [0.1, 0.15) is 0 Å². The highest BCUT2D eigenvalue weighted by atomic mass is 79.9. The lowest BCUT2D eigenvalue weighted by molar-refractivity contribution is 1.21. The minimum atomic E-state index is 0.408. The number of benzene rings is 1. The summed E-state index contributed by atoms with van der Waals surface area (Å²) in [6.45, 7) is 0. The van der Waals surface area contributed by atoms with Crippen molar-refractivity contribution in [1.29, 1.82) is 5.26 Å². The first-order chi connectivity index (χ1) is 6.74. The minimum Gasteiger partial charge on any atom is -0.198 e. The van der Waals surface area contributed by atoms with Gasteiger partial charge in [-0.05, 0) is 23.1 Å². The molecule has 0 bridgehead atoms. The third kappa shape index (κ3) is 1.56. The van der Waals surface area contributed by atoms with Crippen LogP contribution in [0, 0.1) is 11.3 Å². The fraction of sp³-hybridized carbons (Fsp3) is 0.100. The number of nitriles is 1. The zero-order chi connectivity index (χ0) is 10.1. The van der Waals surface area contributed by atoms with Crippen LogP contribution >= 0.6 is 39.9 Å². The molecule has 0 unspecified atom stereocenters. The van der Waals surface area contributed by atoms with Gasteiger partial charge in [-0.25, -0.2) is 0 Å². The molecule has 2 rings (SSSR count). The number of hydrogen-bond acceptors (Lipinski definition) is 3. The highest BCUT2D eigenvalue weighted by Crippen LogP contribution is 2.35. The van der Waals surface area contributed by atoms with E-state index in [0.717, 1.165) is 19.6 Å². The van der Waals surface area contributed by atoms with Crippen molar-refractivity contribution < 1.29 is 0 Å². The number of nitrogens with zero attached hydrogens (tertiary/aromatic N) is 1. The summed E-state index contributed by atoms with van der Waals surface area (Å²) in [5.74, 6) is 0. The Labute approximate surface area is 99.9 Å². The Hall–Kier alpha value is -0.500. The van der Waals surface area contributed by atoms with E-state index in [1.165, 1.54) is 5.39 Å². The summed E-state index contributed by atoms with van der Waals surface area (Å²) in [4.78, 5) is 0.930. The molecule has 1 aromatic carbocycles. The Morgan fingerprint density at radius 3 is 3.07 bits per heavy atom. The first-order valence-electron chi connectivity index (χ1n) is 3.98. The summed E-state index contributed by atoms with van der Waals surface area (Å²) in [5.41, 5.74) is 0.984. The molecule has 0 saturated heterocycles. The van der Waals surface area contributed by atoms with Crippen LogP contribution in [-0.4, -0.2) is 0 Å². The molecule has 0 aliphatic carbocycles. The Bertz CT molecular complexity index is 525. The van der Waals surface area contributed by atoms with Crippen molar-refractivity contribution in [1.82, 2.24) is 0 Å². The first-order valence-corrected chi connectivity index (χ1v) is 6.10. The van der Waals surface area contributed by atoms with Crippen LogP contribution in [-0.2, 0) is 6.42 Å². The summed E-state index contributed by atoms with van der Waals surface area (Å²) in [7, 11) is 0. The predicted molar refractivity (Wildman–Crippen MR) is 66.1 cm³/mol. The van der Waals surface area contributed by atoms with Crippen molar-refractivity contribution in [3.63, 3.8) is 0 Å². The molecule has 1 aromatic heterocycles. The molecule has 0 atom stereocenters. The average molecular weight is 284 g/mol. The van der Waals surface area contributed by atoms with E-state index in [-0.39, 0.29) is 0 Å². The van der Waals surface area contributed by atoms with E-state index in [1.807, 2.05) is 11.4 Å². The highest BCUT2D eigenvalue weighted by molar-refractivity contribution is 9.10. The molecule has 1 nitrogen and oxygen atoms in total. The SMILES string of the molecule is N#CCc1cc(Br)c2ccsc2c1S. The molecule has 0 N–H and O–H groups in total. The number of thiophene rings is 1. The molecule has 14 heavy (non-hydrogen) atoms. The molecular formula is C10H6BrNS2. The highest BCUT2D eigenvalue weighted by Gasteiger charge is 2.08. The number of thiol groups is 1. The predicted octanol–water partition coefficient (Wildman–Crippen LogP) is 4.02. The molecular weight excluding hydrogens is 278 g/mol. The van der Waals surface area contributed by atoms with E-state index >= 15 is 0 Å². The van der Waals surface area contributed by atoms with Gasteiger partial charge in [0, 0.05) is 19.5 Å². The second-order valence-corrected chi connectivity index (χ2v) is 5.08. The molecule has 0 fully saturated rings. The van der Waals surface area contributed by atoms with Crippen LogP contribution in [0.15, 0.2) is 26.9 Å². The van der Waals surface area contributed by atoms with Gasteiger partial charge in [-0.1, -0.05) is 15.9 Å². The normalized spacial score (nSPS) is 10.4. The molecule has 4 heteroatoms. The molecule has 1 heterocycles. The number of rotatable bonds is 1. The van der Waals surface area contributed by atoms with E-state index in [9.17, 15) is 0 Å². The number of hydrogen-bond donors (Lipinski definition) is 1. The summed E-state index contributed by atoms with van der Waals surface area (Å²) in [5, 5.41) is 11.9. The van der Waals surface area contributed by atoms with Gasteiger partial charge >= 0.3 is 0 Å². The first kappa shape index (κ1) is 10.0. The zero-order valence-electron chi connectivity index (χ0n) is 7.12. The minimum absolute atomic E-state index is 0.408. The monoisotopic (exact) mass is 283 g/mol. The van der Waals surface area contributed by atoms with E-state index in [0.29, 0.717) is 6.42 Å². The van der Waals surface area contributed by atoms with Gasteiger partial charge in [0.2, 0.25) is 0 Å². The largest absolute Gasteiger partial charge is 0.198 e. The van der Waals surface area contributed by atoms with Gasteiger partial charge in [0.05, 0.1) is 12.5 Å². The van der Waals surface area contributed by atoms with Crippen molar-refractivity contribution in [3.05, 3.63) is 27.5 Å². The van der Waals surface area contributed by atoms with Crippen molar-refractivity contribution >= 4 is 50.0 Å². The third-order valence-electron chi connectivity index (χ3n) is 2.01. The van der Waals surface area contributed by atoms with Crippen LogP contribution in [0.25, 0.3) is 10.1 Å². The molecule has 2 aromatic rings. The number of halogens is 1. The van der Waals surface area contributed by atoms with E-state index < -0.39 is 0 Å². The van der Waals surface area contributed by atoms with Crippen molar-refractivity contribution in [2.24, 2.45) is 0 Å². The van der Waals surface area contributed by atoms with Crippen LogP contribution in [0.3, 0.4) is 0 Å². The fourth-order valence-corrected chi connectivity index (χ4v) is 3.39. The maximum absolute atomic E-state index is 8.66. The lowest BCUT2D eigenvalue weighted by atomic mass is 10.1. The molecule has 0 saturated carbocycles. The van der Waals surface area contributed by atoms with Crippen LogP contribution in [0.2, 0.25) is 0 Å². The summed E-state index contributed by atoms with van der Waals surface area (Å²) in [6.07, 6.45) is 0.408. The second kappa shape index (κ2) is 3.93. The van der Waals surface area contributed by atoms with Crippen LogP contribution in [0.5, 0.6) is 0 Å². The fourth-order valence-electron chi connectivity index (χ4n) is 1.35. The Kier molecular flexibility index (Phi) is 2.82. The van der Waals surface area contributed by atoms with Crippen LogP contribution < -0.4 is 0 Å². The Morgan fingerprint density at radius 1 is 1.57 bits per heavy atom. The second-order valence-electron chi connectivity index (χ2n) is 2.86. The zero-order valence-corrected chi connectivity index (χ0v) is 10.4. The van der Waals surface area contributed by atoms with Gasteiger partial charge in [-0.3, -0.25) is 0 Å². The maximum atomic E-state index is 8.66. The summed E-state index contributed by atoms with van der Waals surface area (Å²) >= 11 is 9.60. The molecule has 0 amide bonds. The van der Waals surface area contributed by atoms with Gasteiger partial charge in [0.15, 0.2) is 0 Å². The molecule has 0 radical (unpaired) electrons. The van der Waals surface area contributed by atoms with Gasteiger partial charge in [-0.2, -0.15) is 5.26 Å². The topological polar surface area (TPSA) is 23.8 Å². The van der Waals surface area contributed by atoms with Gasteiger partial charge < -0.3 is 0 Å². The molecule has 0 spiro atoms. The Morgan fingerprint density at radius 2 is 2.36 bits per heavy atom. The van der Waals surface area contributed by atoms with E-state index in [4.69, 9.17) is 5.26 Å². The standard InChI is InChI=1S/C10H6BrNS2/c11-8-5-6(1-3-12)9(13)10-7(8)2-4-14-10/h2,4-5,13H,1H2. The van der Waals surface area contributed by atoms with E-state index in [1.54, 1.807) is 11.3 Å². The smallest absolute Gasteiger partial charge is 0.0670 e. The summed E-state index contributed by atoms with van der Waals surface area (Å²) < 4.78 is 2.18. The maximum Gasteiger partial charge on any atom is 0.0670 e. The quantitative estimate of drug-likeness (QED) is 0.786. The molecule has 0 aliphatic rings. The van der Waals surface area contributed by atoms with Gasteiger partial charge in [-0.15, -0.1) is 24.0 Å². The van der Waals surface area contributed by atoms with E-state index in [2.05, 4.69) is 40.7 Å². The van der Waals surface area contributed by atoms with Crippen molar-refractivity contribution in [3.8, 4) is 6.07 Å². The number of fused-ring (bicyclic) bond motifs is 1. The van der Waals surface area contributed by atoms with Gasteiger partial charge in [0.25, 0.3) is 0 Å². The Balaban J connectivity index is 2.76. The van der Waals surface area contributed by atoms with Crippen molar-refractivity contribution in [2.75, 3.05) is 0 Å². The lowest BCUT2D eigenvalue weighted by Gasteiger charge is -2.03. The average Bonchev–Trinajstić information content (AvgIpc) is 2.63.